The summed E-state index contributed by atoms with van der Waals surface area (Å²) in [5.74, 6) is -0.179. The molecule has 5 heteroatoms. The van der Waals surface area contributed by atoms with Crippen LogP contribution in [0.25, 0.3) is 10.8 Å². The number of amides is 2. The maximum Gasteiger partial charge on any atom is 0.282 e. The van der Waals surface area contributed by atoms with Gasteiger partial charge in [0.1, 0.15) is 6.04 Å². The van der Waals surface area contributed by atoms with E-state index in [1.165, 1.54) is 23.3 Å². The first-order valence-electron chi connectivity index (χ1n) is 9.45. The average Bonchev–Trinajstić information content (AvgIpc) is 2.68. The van der Waals surface area contributed by atoms with E-state index in [-0.39, 0.29) is 23.9 Å². The third kappa shape index (κ3) is 4.75. The van der Waals surface area contributed by atoms with Gasteiger partial charge in [-0.05, 0) is 48.9 Å². The zero-order valence-corrected chi connectivity index (χ0v) is 16.4. The van der Waals surface area contributed by atoms with Crippen LogP contribution in [0.1, 0.15) is 32.4 Å². The van der Waals surface area contributed by atoms with Crippen molar-refractivity contribution < 1.29 is 14.9 Å². The molecule has 0 radical (unpaired) electrons. The number of anilines is 2. The van der Waals surface area contributed by atoms with Gasteiger partial charge in [-0.1, -0.05) is 42.5 Å². The molecule has 3 aromatic carbocycles. The number of carbonyl (C=O) groups excluding carboxylic acids is 2. The minimum absolute atomic E-state index is 0.0561. The molecule has 144 valence electrons. The molecular formula is C23H26N3O2+. The van der Waals surface area contributed by atoms with Crippen LogP contribution >= 0.6 is 0 Å². The number of carbonyl (C=O) groups is 2. The average molecular weight is 376 g/mol. The fraction of sp³-hybridized carbons (Fsp3) is 0.217. The van der Waals surface area contributed by atoms with Crippen LogP contribution in [0.3, 0.4) is 0 Å². The van der Waals surface area contributed by atoms with Crippen LogP contribution in [0.4, 0.5) is 11.4 Å². The SMILES string of the molecule is CC(=O)Nc1ccc(NC(=O)[C@H](C)[NH2+][C@H](C)c2cccc3ccccc23)cc1. The second-order valence-corrected chi connectivity index (χ2v) is 7.09. The molecule has 0 spiro atoms. The summed E-state index contributed by atoms with van der Waals surface area (Å²) in [6, 6.07) is 21.6. The van der Waals surface area contributed by atoms with Crippen molar-refractivity contribution in [3.05, 3.63) is 72.3 Å². The molecule has 2 atom stereocenters. The zero-order valence-electron chi connectivity index (χ0n) is 16.4. The van der Waals surface area contributed by atoms with Crippen molar-refractivity contribution in [3.63, 3.8) is 0 Å². The van der Waals surface area contributed by atoms with Crippen molar-refractivity contribution in [2.45, 2.75) is 32.9 Å². The Morgan fingerprint density at radius 1 is 0.821 bits per heavy atom. The van der Waals surface area contributed by atoms with E-state index < -0.39 is 0 Å². The molecule has 0 fully saturated rings. The number of nitrogens with one attached hydrogen (secondary N) is 2. The predicted molar refractivity (Wildman–Crippen MR) is 113 cm³/mol. The number of hydrogen-bond acceptors (Lipinski definition) is 2. The minimum Gasteiger partial charge on any atom is -0.330 e. The monoisotopic (exact) mass is 376 g/mol. The molecule has 28 heavy (non-hydrogen) atoms. The highest BCUT2D eigenvalue weighted by Crippen LogP contribution is 2.22. The molecule has 0 aliphatic rings. The molecule has 5 nitrogen and oxygen atoms in total. The van der Waals surface area contributed by atoms with E-state index in [1.54, 1.807) is 24.3 Å². The van der Waals surface area contributed by atoms with Crippen molar-refractivity contribution in [3.8, 4) is 0 Å². The highest BCUT2D eigenvalue weighted by molar-refractivity contribution is 5.94. The standard InChI is InChI=1S/C23H25N3O2/c1-15(21-10-6-8-18-7-4-5-9-22(18)21)24-16(2)23(28)26-20-13-11-19(12-14-20)25-17(3)27/h4-16,24H,1-3H3,(H,25,27)(H,26,28)/p+1/t15-,16+/m1/s1. The number of rotatable bonds is 6. The van der Waals surface area contributed by atoms with Crippen molar-refractivity contribution in [2.75, 3.05) is 10.6 Å². The Bertz CT molecular complexity index is 977. The summed E-state index contributed by atoms with van der Waals surface area (Å²) < 4.78 is 0. The van der Waals surface area contributed by atoms with Gasteiger partial charge in [-0.15, -0.1) is 0 Å². The van der Waals surface area contributed by atoms with Gasteiger partial charge >= 0.3 is 0 Å². The van der Waals surface area contributed by atoms with Gasteiger partial charge in [0.25, 0.3) is 5.91 Å². The van der Waals surface area contributed by atoms with Crippen LogP contribution in [0.2, 0.25) is 0 Å². The first-order valence-corrected chi connectivity index (χ1v) is 9.45. The molecule has 4 N–H and O–H groups in total. The van der Waals surface area contributed by atoms with E-state index in [1.807, 2.05) is 19.1 Å². The summed E-state index contributed by atoms with van der Waals surface area (Å²) in [4.78, 5) is 23.7. The predicted octanol–water partition coefficient (Wildman–Crippen LogP) is 3.45. The van der Waals surface area contributed by atoms with Crippen LogP contribution in [0, 0.1) is 0 Å². The molecule has 0 heterocycles. The second-order valence-electron chi connectivity index (χ2n) is 7.09. The molecule has 3 rings (SSSR count). The van der Waals surface area contributed by atoms with Gasteiger partial charge < -0.3 is 16.0 Å². The fourth-order valence-corrected chi connectivity index (χ4v) is 3.37. The van der Waals surface area contributed by atoms with E-state index in [2.05, 4.69) is 53.2 Å². The second kappa shape index (κ2) is 8.67. The Kier molecular flexibility index (Phi) is 6.06. The molecule has 3 aromatic rings. The molecule has 0 saturated heterocycles. The molecular weight excluding hydrogens is 350 g/mol. The molecule has 0 aromatic heterocycles. The van der Waals surface area contributed by atoms with Crippen molar-refractivity contribution >= 4 is 34.0 Å². The fourth-order valence-electron chi connectivity index (χ4n) is 3.37. The largest absolute Gasteiger partial charge is 0.330 e. The summed E-state index contributed by atoms with van der Waals surface area (Å²) in [6.45, 7) is 5.49. The maximum absolute atomic E-state index is 12.6. The van der Waals surface area contributed by atoms with Gasteiger partial charge in [0.05, 0.1) is 0 Å². The number of nitrogens with two attached hydrogens (primary N) is 1. The Balaban J connectivity index is 1.64. The highest BCUT2D eigenvalue weighted by Gasteiger charge is 2.21. The summed E-state index contributed by atoms with van der Waals surface area (Å²) in [5.41, 5.74) is 2.63. The van der Waals surface area contributed by atoms with Gasteiger partial charge in [-0.25, -0.2) is 0 Å². The number of hydrogen-bond donors (Lipinski definition) is 3. The van der Waals surface area contributed by atoms with Crippen LogP contribution in [0.15, 0.2) is 66.7 Å². The zero-order chi connectivity index (χ0) is 20.1. The molecule has 0 aliphatic carbocycles. The van der Waals surface area contributed by atoms with Crippen LogP contribution in [-0.4, -0.2) is 17.9 Å². The lowest BCUT2D eigenvalue weighted by atomic mass is 9.99. The van der Waals surface area contributed by atoms with E-state index in [4.69, 9.17) is 0 Å². The smallest absolute Gasteiger partial charge is 0.282 e. The summed E-state index contributed by atoms with van der Waals surface area (Å²) >= 11 is 0. The normalized spacial score (nSPS) is 13.0. The Labute approximate surface area is 165 Å². The summed E-state index contributed by atoms with van der Waals surface area (Å²) in [5, 5.41) is 10.1. The first-order chi connectivity index (χ1) is 13.4. The molecule has 0 saturated carbocycles. The van der Waals surface area contributed by atoms with Gasteiger partial charge in [0, 0.05) is 23.9 Å². The Morgan fingerprint density at radius 2 is 1.43 bits per heavy atom. The highest BCUT2D eigenvalue weighted by atomic mass is 16.2. The number of quaternary nitrogens is 1. The molecule has 0 bridgehead atoms. The lowest BCUT2D eigenvalue weighted by Gasteiger charge is -2.18. The molecule has 0 aliphatic heterocycles. The quantitative estimate of drug-likeness (QED) is 0.616. The minimum atomic E-state index is -0.246. The number of fused-ring (bicyclic) bond motifs is 1. The lowest BCUT2D eigenvalue weighted by molar-refractivity contribution is -0.709. The topological polar surface area (TPSA) is 74.8 Å². The molecule has 0 unspecified atom stereocenters. The van der Waals surface area contributed by atoms with Gasteiger partial charge in [0.2, 0.25) is 5.91 Å². The molecule has 2 amide bonds. The third-order valence-corrected chi connectivity index (χ3v) is 4.78. The maximum atomic E-state index is 12.6. The lowest BCUT2D eigenvalue weighted by Crippen LogP contribution is -2.91. The summed E-state index contributed by atoms with van der Waals surface area (Å²) in [6.07, 6.45) is 0. The van der Waals surface area contributed by atoms with Crippen molar-refractivity contribution in [1.29, 1.82) is 0 Å². The van der Waals surface area contributed by atoms with Crippen molar-refractivity contribution in [1.82, 2.24) is 0 Å². The van der Waals surface area contributed by atoms with E-state index in [9.17, 15) is 9.59 Å². The van der Waals surface area contributed by atoms with E-state index >= 15 is 0 Å². The number of benzene rings is 3. The Hall–Kier alpha value is -3.18. The third-order valence-electron chi connectivity index (χ3n) is 4.78. The van der Waals surface area contributed by atoms with Crippen molar-refractivity contribution in [2.24, 2.45) is 0 Å². The van der Waals surface area contributed by atoms with E-state index in [0.29, 0.717) is 11.4 Å². The van der Waals surface area contributed by atoms with Crippen LogP contribution in [-0.2, 0) is 9.59 Å². The van der Waals surface area contributed by atoms with Gasteiger partial charge in [-0.3, -0.25) is 9.59 Å². The summed E-state index contributed by atoms with van der Waals surface area (Å²) in [7, 11) is 0. The van der Waals surface area contributed by atoms with Gasteiger partial charge in [-0.2, -0.15) is 0 Å². The Morgan fingerprint density at radius 3 is 2.11 bits per heavy atom. The van der Waals surface area contributed by atoms with Gasteiger partial charge in [0.15, 0.2) is 6.04 Å². The van der Waals surface area contributed by atoms with Crippen LogP contribution in [0.5, 0.6) is 0 Å². The first kappa shape index (κ1) is 19.6. The van der Waals surface area contributed by atoms with Crippen LogP contribution < -0.4 is 16.0 Å². The van der Waals surface area contributed by atoms with E-state index in [0.717, 1.165) is 0 Å².